The predicted octanol–water partition coefficient (Wildman–Crippen LogP) is 4.10. The minimum atomic E-state index is -0.176. The molecule has 5 saturated carbocycles. The molecule has 166 valence electrons. The zero-order chi connectivity index (χ0) is 21.0. The van der Waals surface area contributed by atoms with Crippen LogP contribution >= 0.6 is 0 Å². The number of carbonyl (C=O) groups is 2. The van der Waals surface area contributed by atoms with Gasteiger partial charge in [-0.05, 0) is 75.5 Å². The molecule has 6 nitrogen and oxygen atoms in total. The van der Waals surface area contributed by atoms with Gasteiger partial charge in [-0.25, -0.2) is 9.97 Å². The maximum atomic E-state index is 13.5. The molecule has 31 heavy (non-hydrogen) atoms. The van der Waals surface area contributed by atoms with Crippen LogP contribution in [-0.4, -0.2) is 33.2 Å². The van der Waals surface area contributed by atoms with Crippen molar-refractivity contribution >= 4 is 17.6 Å². The van der Waals surface area contributed by atoms with E-state index >= 15 is 0 Å². The van der Waals surface area contributed by atoms with Crippen LogP contribution in [0.2, 0.25) is 0 Å². The quantitative estimate of drug-likeness (QED) is 0.796. The lowest BCUT2D eigenvalue weighted by atomic mass is 9.49. The van der Waals surface area contributed by atoms with E-state index in [-0.39, 0.29) is 17.2 Å². The summed E-state index contributed by atoms with van der Waals surface area (Å²) in [6.07, 6.45) is 15.1. The minimum absolute atomic E-state index is 0.176. The van der Waals surface area contributed by atoms with Crippen molar-refractivity contribution < 1.29 is 9.59 Å². The van der Waals surface area contributed by atoms with E-state index in [0.29, 0.717) is 24.8 Å². The smallest absolute Gasteiger partial charge is 0.231 e. The lowest BCUT2D eigenvalue weighted by molar-refractivity contribution is -0.140. The number of hydrogen-bond donors (Lipinski definition) is 1. The first-order valence-corrected chi connectivity index (χ1v) is 12.5. The molecule has 0 saturated heterocycles. The van der Waals surface area contributed by atoms with Gasteiger partial charge in [-0.15, -0.1) is 0 Å². The second-order valence-corrected chi connectivity index (χ2v) is 11.1. The lowest BCUT2D eigenvalue weighted by Crippen LogP contribution is -2.52. The van der Waals surface area contributed by atoms with Gasteiger partial charge in [0.25, 0.3) is 0 Å². The van der Waals surface area contributed by atoms with E-state index in [4.69, 9.17) is 0 Å². The second kappa shape index (κ2) is 7.56. The number of carbonyl (C=O) groups excluding carboxylic acids is 2. The van der Waals surface area contributed by atoms with Crippen LogP contribution in [0.25, 0.3) is 0 Å². The number of amides is 2. The predicted molar refractivity (Wildman–Crippen MR) is 117 cm³/mol. The molecule has 5 fully saturated rings. The van der Waals surface area contributed by atoms with E-state index in [9.17, 15) is 9.59 Å². The monoisotopic (exact) mass is 422 g/mol. The van der Waals surface area contributed by atoms with E-state index in [1.54, 1.807) is 6.33 Å². The average Bonchev–Trinajstić information content (AvgIpc) is 2.78. The fourth-order valence-electron chi connectivity index (χ4n) is 7.89. The molecule has 6 heteroatoms. The van der Waals surface area contributed by atoms with E-state index in [0.717, 1.165) is 67.5 Å². The number of rotatable bonds is 3. The van der Waals surface area contributed by atoms with Crippen LogP contribution < -0.4 is 5.32 Å². The summed E-state index contributed by atoms with van der Waals surface area (Å²) in [6.45, 7) is 1.25. The first kappa shape index (κ1) is 19.7. The average molecular weight is 423 g/mol. The lowest BCUT2D eigenvalue weighted by Gasteiger charge is -2.55. The second-order valence-electron chi connectivity index (χ2n) is 11.1. The Bertz CT molecular complexity index is 856. The van der Waals surface area contributed by atoms with Crippen molar-refractivity contribution in [3.8, 4) is 0 Å². The Kier molecular flexibility index (Phi) is 4.80. The van der Waals surface area contributed by atoms with Gasteiger partial charge in [0.15, 0.2) is 0 Å². The third-order valence-electron chi connectivity index (χ3n) is 9.02. The summed E-state index contributed by atoms with van der Waals surface area (Å²) < 4.78 is 0. The van der Waals surface area contributed by atoms with Gasteiger partial charge in [0.1, 0.15) is 12.1 Å². The maximum Gasteiger partial charge on any atom is 0.231 e. The molecule has 2 amide bonds. The Morgan fingerprint density at radius 2 is 1.65 bits per heavy atom. The van der Waals surface area contributed by atoms with E-state index in [2.05, 4.69) is 15.3 Å². The molecule has 1 aromatic rings. The third-order valence-corrected chi connectivity index (χ3v) is 9.02. The van der Waals surface area contributed by atoms with Crippen molar-refractivity contribution in [3.05, 3.63) is 17.6 Å². The summed E-state index contributed by atoms with van der Waals surface area (Å²) >= 11 is 0. The molecule has 1 N–H and O–H groups in total. The van der Waals surface area contributed by atoms with Gasteiger partial charge in [0, 0.05) is 18.0 Å². The van der Waals surface area contributed by atoms with Crippen molar-refractivity contribution in [2.24, 2.45) is 29.1 Å². The Morgan fingerprint density at radius 1 is 0.968 bits per heavy atom. The van der Waals surface area contributed by atoms with Crippen molar-refractivity contribution in [1.29, 1.82) is 0 Å². The SMILES string of the molecule is O=C(C1CCCCC1)N1CCc2c(ncnc2NC(=O)C23CC4CC(CC(C4)C2)C3)C1. The molecule has 0 spiro atoms. The molecule has 2 heterocycles. The van der Waals surface area contributed by atoms with Gasteiger partial charge in [-0.2, -0.15) is 0 Å². The zero-order valence-electron chi connectivity index (χ0n) is 18.4. The van der Waals surface area contributed by atoms with E-state index < -0.39 is 0 Å². The van der Waals surface area contributed by atoms with Crippen LogP contribution in [0.3, 0.4) is 0 Å². The molecule has 6 aliphatic rings. The fraction of sp³-hybridized carbons (Fsp3) is 0.760. The molecule has 0 radical (unpaired) electrons. The van der Waals surface area contributed by atoms with Crippen LogP contribution in [0.4, 0.5) is 5.82 Å². The van der Waals surface area contributed by atoms with Crippen molar-refractivity contribution in [1.82, 2.24) is 14.9 Å². The highest BCUT2D eigenvalue weighted by atomic mass is 16.2. The van der Waals surface area contributed by atoms with Gasteiger partial charge in [-0.1, -0.05) is 19.3 Å². The number of nitrogens with one attached hydrogen (secondary N) is 1. The van der Waals surface area contributed by atoms with Gasteiger partial charge in [-0.3, -0.25) is 9.59 Å². The Morgan fingerprint density at radius 3 is 2.32 bits per heavy atom. The summed E-state index contributed by atoms with van der Waals surface area (Å²) in [7, 11) is 0. The molecule has 0 aromatic carbocycles. The number of fused-ring (bicyclic) bond motifs is 1. The topological polar surface area (TPSA) is 75.2 Å². The summed E-state index contributed by atoms with van der Waals surface area (Å²) in [5.74, 6) is 3.60. The summed E-state index contributed by atoms with van der Waals surface area (Å²) in [5, 5.41) is 3.24. The van der Waals surface area contributed by atoms with Crippen LogP contribution in [0.1, 0.15) is 81.9 Å². The molecule has 1 aliphatic heterocycles. The fourth-order valence-corrected chi connectivity index (χ4v) is 7.89. The normalized spacial score (nSPS) is 34.5. The molecule has 0 unspecified atom stereocenters. The van der Waals surface area contributed by atoms with Crippen LogP contribution in [0.15, 0.2) is 6.33 Å². The first-order valence-electron chi connectivity index (χ1n) is 12.5. The number of hydrogen-bond acceptors (Lipinski definition) is 4. The summed E-state index contributed by atoms with van der Waals surface area (Å²) in [4.78, 5) is 37.4. The highest BCUT2D eigenvalue weighted by molar-refractivity contribution is 5.95. The highest BCUT2D eigenvalue weighted by Gasteiger charge is 2.54. The van der Waals surface area contributed by atoms with Gasteiger partial charge in [0.2, 0.25) is 11.8 Å². The summed E-state index contributed by atoms with van der Waals surface area (Å²) in [6, 6.07) is 0. The van der Waals surface area contributed by atoms with E-state index in [1.807, 2.05) is 4.90 Å². The Balaban J connectivity index is 1.18. The molecular weight excluding hydrogens is 388 g/mol. The molecular formula is C25H34N4O2. The molecule has 4 bridgehead atoms. The first-order chi connectivity index (χ1) is 15.1. The number of anilines is 1. The highest BCUT2D eigenvalue weighted by Crippen LogP contribution is 2.60. The van der Waals surface area contributed by atoms with Gasteiger partial charge < -0.3 is 10.2 Å². The van der Waals surface area contributed by atoms with Crippen LogP contribution in [-0.2, 0) is 22.6 Å². The third kappa shape index (κ3) is 3.46. The van der Waals surface area contributed by atoms with Gasteiger partial charge >= 0.3 is 0 Å². The maximum absolute atomic E-state index is 13.5. The minimum Gasteiger partial charge on any atom is -0.336 e. The van der Waals surface area contributed by atoms with Crippen molar-refractivity contribution in [2.45, 2.75) is 83.6 Å². The van der Waals surface area contributed by atoms with Crippen molar-refractivity contribution in [2.75, 3.05) is 11.9 Å². The van der Waals surface area contributed by atoms with Crippen molar-refractivity contribution in [3.63, 3.8) is 0 Å². The standard InChI is InChI=1S/C25H34N4O2/c30-23(19-4-2-1-3-5-19)29-7-6-20-21(14-29)26-15-27-22(20)28-24(31)25-11-16-8-17(12-25)10-18(9-16)13-25/h15-19H,1-14H2,(H,26,27,28,31). The van der Waals surface area contributed by atoms with Gasteiger partial charge in [0.05, 0.1) is 17.7 Å². The van der Waals surface area contributed by atoms with E-state index in [1.165, 1.54) is 38.5 Å². The van der Waals surface area contributed by atoms with Crippen LogP contribution in [0.5, 0.6) is 0 Å². The largest absolute Gasteiger partial charge is 0.336 e. The van der Waals surface area contributed by atoms with Crippen LogP contribution in [0, 0.1) is 29.1 Å². The summed E-state index contributed by atoms with van der Waals surface area (Å²) in [5.41, 5.74) is 1.77. The molecule has 5 aliphatic carbocycles. The Labute approximate surface area is 184 Å². The molecule has 0 atom stereocenters. The molecule has 7 rings (SSSR count). The number of nitrogens with zero attached hydrogens (tertiary/aromatic N) is 3. The number of aromatic nitrogens is 2. The Hall–Kier alpha value is -1.98. The zero-order valence-corrected chi connectivity index (χ0v) is 18.4. The molecule has 1 aromatic heterocycles.